The molecule has 3 rings (SSSR count). The number of ether oxygens (including phenoxy) is 1. The van der Waals surface area contributed by atoms with Crippen LogP contribution in [0.1, 0.15) is 20.8 Å². The van der Waals surface area contributed by atoms with Crippen LogP contribution in [-0.2, 0) is 9.59 Å². The Bertz CT molecular complexity index is 823. The smallest absolute Gasteiger partial charge is 0.282 e. The van der Waals surface area contributed by atoms with Gasteiger partial charge in [-0.15, -0.1) is 0 Å². The monoisotopic (exact) mass is 343 g/mol. The number of nitrogens with zero attached hydrogens (tertiary/aromatic N) is 2. The number of carbonyl (C=O) groups is 2. The maximum atomic E-state index is 13.0. The SMILES string of the molecule is CC(C)N1C(=O)C(C)(C(=O)Nc2ccc(F)cc2)Oc2cccnc21. The molecule has 0 fully saturated rings. The Morgan fingerprint density at radius 2 is 1.96 bits per heavy atom. The molecule has 0 radical (unpaired) electrons. The molecule has 2 aromatic rings. The lowest BCUT2D eigenvalue weighted by molar-refractivity contribution is -0.145. The van der Waals surface area contributed by atoms with Crippen LogP contribution in [0.2, 0.25) is 0 Å². The predicted molar refractivity (Wildman–Crippen MR) is 90.9 cm³/mol. The third kappa shape index (κ3) is 2.93. The van der Waals surface area contributed by atoms with Gasteiger partial charge in [0, 0.05) is 17.9 Å². The van der Waals surface area contributed by atoms with Gasteiger partial charge in [0.05, 0.1) is 0 Å². The molecule has 2 heterocycles. The van der Waals surface area contributed by atoms with E-state index >= 15 is 0 Å². The maximum absolute atomic E-state index is 13.0. The highest BCUT2D eigenvalue weighted by Gasteiger charge is 2.51. The number of benzene rings is 1. The van der Waals surface area contributed by atoms with Crippen molar-refractivity contribution in [2.24, 2.45) is 0 Å². The van der Waals surface area contributed by atoms with Gasteiger partial charge in [0.15, 0.2) is 11.6 Å². The van der Waals surface area contributed by atoms with E-state index in [1.807, 2.05) is 13.8 Å². The molecule has 1 aromatic heterocycles. The zero-order valence-electron chi connectivity index (χ0n) is 14.1. The summed E-state index contributed by atoms with van der Waals surface area (Å²) in [7, 11) is 0. The van der Waals surface area contributed by atoms with Crippen LogP contribution in [0, 0.1) is 5.82 Å². The molecule has 2 amide bonds. The molecule has 25 heavy (non-hydrogen) atoms. The fourth-order valence-electron chi connectivity index (χ4n) is 2.64. The van der Waals surface area contributed by atoms with E-state index in [4.69, 9.17) is 4.74 Å². The Morgan fingerprint density at radius 3 is 2.60 bits per heavy atom. The lowest BCUT2D eigenvalue weighted by atomic mass is 9.99. The van der Waals surface area contributed by atoms with Crippen molar-refractivity contribution in [3.63, 3.8) is 0 Å². The van der Waals surface area contributed by atoms with Gasteiger partial charge in [0.2, 0.25) is 0 Å². The second-order valence-electron chi connectivity index (χ2n) is 6.19. The first-order chi connectivity index (χ1) is 11.8. The van der Waals surface area contributed by atoms with Crippen molar-refractivity contribution in [1.82, 2.24) is 4.98 Å². The Hall–Kier alpha value is -2.96. The Morgan fingerprint density at radius 1 is 1.28 bits per heavy atom. The minimum Gasteiger partial charge on any atom is -0.464 e. The molecular formula is C18H18FN3O3. The summed E-state index contributed by atoms with van der Waals surface area (Å²) in [5, 5.41) is 2.60. The summed E-state index contributed by atoms with van der Waals surface area (Å²) in [5.74, 6) is -0.820. The fraction of sp³-hybridized carbons (Fsp3) is 0.278. The average Bonchev–Trinajstić information content (AvgIpc) is 2.57. The van der Waals surface area contributed by atoms with Crippen LogP contribution in [0.25, 0.3) is 0 Å². The third-order valence-corrected chi connectivity index (χ3v) is 3.97. The normalized spacial score (nSPS) is 19.4. The minimum absolute atomic E-state index is 0.206. The van der Waals surface area contributed by atoms with Crippen LogP contribution in [0.3, 0.4) is 0 Å². The van der Waals surface area contributed by atoms with Gasteiger partial charge in [-0.25, -0.2) is 9.37 Å². The van der Waals surface area contributed by atoms with E-state index in [-0.39, 0.29) is 6.04 Å². The molecule has 0 saturated carbocycles. The minimum atomic E-state index is -1.76. The summed E-state index contributed by atoms with van der Waals surface area (Å²) in [5.41, 5.74) is -1.38. The van der Waals surface area contributed by atoms with Gasteiger partial charge in [-0.05, 0) is 57.2 Å². The zero-order chi connectivity index (χ0) is 18.2. The van der Waals surface area contributed by atoms with Crippen LogP contribution in [0.5, 0.6) is 5.75 Å². The first kappa shape index (κ1) is 16.9. The number of nitrogens with one attached hydrogen (secondary N) is 1. The molecule has 1 atom stereocenters. The number of halogens is 1. The van der Waals surface area contributed by atoms with Gasteiger partial charge >= 0.3 is 0 Å². The quantitative estimate of drug-likeness (QED) is 0.870. The van der Waals surface area contributed by atoms with E-state index in [1.165, 1.54) is 36.1 Å². The largest absolute Gasteiger partial charge is 0.464 e. The van der Waals surface area contributed by atoms with Crippen molar-refractivity contribution in [1.29, 1.82) is 0 Å². The molecule has 7 heteroatoms. The standard InChI is InChI=1S/C18H18FN3O3/c1-11(2)22-15-14(5-4-10-20-15)25-18(3,17(22)24)16(23)21-13-8-6-12(19)7-9-13/h4-11H,1-3H3,(H,21,23). The summed E-state index contributed by atoms with van der Waals surface area (Å²) >= 11 is 0. The molecular weight excluding hydrogens is 325 g/mol. The fourth-order valence-corrected chi connectivity index (χ4v) is 2.64. The van der Waals surface area contributed by atoms with E-state index < -0.39 is 23.2 Å². The van der Waals surface area contributed by atoms with Crippen molar-refractivity contribution >= 4 is 23.3 Å². The zero-order valence-corrected chi connectivity index (χ0v) is 14.1. The van der Waals surface area contributed by atoms with Crippen molar-refractivity contribution in [3.8, 4) is 5.75 Å². The number of pyridine rings is 1. The van der Waals surface area contributed by atoms with Crippen molar-refractivity contribution in [2.75, 3.05) is 10.2 Å². The van der Waals surface area contributed by atoms with Crippen LogP contribution in [0.15, 0.2) is 42.6 Å². The van der Waals surface area contributed by atoms with Gasteiger partial charge in [-0.2, -0.15) is 0 Å². The first-order valence-electron chi connectivity index (χ1n) is 7.87. The summed E-state index contributed by atoms with van der Waals surface area (Å²) in [6, 6.07) is 8.41. The van der Waals surface area contributed by atoms with Crippen LogP contribution in [0.4, 0.5) is 15.9 Å². The van der Waals surface area contributed by atoms with E-state index in [0.717, 1.165) is 0 Å². The van der Waals surface area contributed by atoms with Gasteiger partial charge in [-0.1, -0.05) is 0 Å². The molecule has 0 spiro atoms. The van der Waals surface area contributed by atoms with Gasteiger partial charge in [0.25, 0.3) is 17.4 Å². The van der Waals surface area contributed by atoms with E-state index in [0.29, 0.717) is 17.3 Å². The highest BCUT2D eigenvalue weighted by atomic mass is 19.1. The van der Waals surface area contributed by atoms with Crippen LogP contribution >= 0.6 is 0 Å². The molecule has 0 bridgehead atoms. The number of rotatable bonds is 3. The predicted octanol–water partition coefficient (Wildman–Crippen LogP) is 2.75. The Labute approximate surface area is 144 Å². The molecule has 6 nitrogen and oxygen atoms in total. The first-order valence-corrected chi connectivity index (χ1v) is 7.87. The maximum Gasteiger partial charge on any atom is 0.282 e. The summed E-state index contributed by atoms with van der Waals surface area (Å²) < 4.78 is 18.7. The van der Waals surface area contributed by atoms with Crippen molar-refractivity contribution < 1.29 is 18.7 Å². The number of anilines is 2. The second kappa shape index (κ2) is 6.16. The number of amides is 2. The van der Waals surface area contributed by atoms with E-state index in [1.54, 1.807) is 18.3 Å². The van der Waals surface area contributed by atoms with Crippen molar-refractivity contribution in [3.05, 3.63) is 48.4 Å². The lowest BCUT2D eigenvalue weighted by Crippen LogP contribution is -2.62. The molecule has 1 aliphatic heterocycles. The summed E-state index contributed by atoms with van der Waals surface area (Å²) in [6.07, 6.45) is 1.56. The van der Waals surface area contributed by atoms with Gasteiger partial charge in [-0.3, -0.25) is 14.5 Å². The molecule has 0 aliphatic carbocycles. The number of carbonyl (C=O) groups excluding carboxylic acids is 2. The molecule has 0 saturated heterocycles. The van der Waals surface area contributed by atoms with Gasteiger partial charge in [0.1, 0.15) is 5.82 Å². The third-order valence-electron chi connectivity index (χ3n) is 3.97. The number of hydrogen-bond acceptors (Lipinski definition) is 4. The number of hydrogen-bond donors (Lipinski definition) is 1. The van der Waals surface area contributed by atoms with E-state index in [9.17, 15) is 14.0 Å². The summed E-state index contributed by atoms with van der Waals surface area (Å²) in [4.78, 5) is 31.4. The highest BCUT2D eigenvalue weighted by molar-refractivity contribution is 6.19. The van der Waals surface area contributed by atoms with Crippen LogP contribution < -0.4 is 15.0 Å². The topological polar surface area (TPSA) is 71.5 Å². The molecule has 130 valence electrons. The van der Waals surface area contributed by atoms with Crippen LogP contribution in [-0.4, -0.2) is 28.4 Å². The summed E-state index contributed by atoms with van der Waals surface area (Å²) in [6.45, 7) is 5.08. The molecule has 1 unspecified atom stereocenters. The van der Waals surface area contributed by atoms with E-state index in [2.05, 4.69) is 10.3 Å². The lowest BCUT2D eigenvalue weighted by Gasteiger charge is -2.40. The second-order valence-corrected chi connectivity index (χ2v) is 6.19. The van der Waals surface area contributed by atoms with Crippen molar-refractivity contribution in [2.45, 2.75) is 32.4 Å². The highest BCUT2D eigenvalue weighted by Crippen LogP contribution is 2.37. The Balaban J connectivity index is 1.95. The van der Waals surface area contributed by atoms with Gasteiger partial charge < -0.3 is 10.1 Å². The number of aromatic nitrogens is 1. The molecule has 1 N–H and O–H groups in total. The number of fused-ring (bicyclic) bond motifs is 1. The molecule has 1 aromatic carbocycles. The molecule has 1 aliphatic rings. The Kier molecular flexibility index (Phi) is 4.16. The average molecular weight is 343 g/mol.